The molecule has 7 heteroatoms. The number of anilines is 1. The number of carbonyl (C=O) groups excluding carboxylic acids is 1. The Bertz CT molecular complexity index is 882. The van der Waals surface area contributed by atoms with E-state index in [0.717, 1.165) is 5.56 Å². The van der Waals surface area contributed by atoms with Gasteiger partial charge < -0.3 is 9.84 Å². The summed E-state index contributed by atoms with van der Waals surface area (Å²) in [6.45, 7) is 2.27. The van der Waals surface area contributed by atoms with Crippen LogP contribution in [0.3, 0.4) is 0 Å². The van der Waals surface area contributed by atoms with Crippen LogP contribution in [0.25, 0.3) is 6.08 Å². The molecule has 0 radical (unpaired) electrons. The molecule has 128 valence electrons. The number of amides is 1. The minimum atomic E-state index is -0.205. The van der Waals surface area contributed by atoms with Crippen LogP contribution in [0.5, 0.6) is 11.5 Å². The van der Waals surface area contributed by atoms with Crippen molar-refractivity contribution in [1.82, 2.24) is 0 Å². The lowest BCUT2D eigenvalue weighted by molar-refractivity contribution is -0.113. The summed E-state index contributed by atoms with van der Waals surface area (Å²) in [6, 6.07) is 11.9. The van der Waals surface area contributed by atoms with Gasteiger partial charge in [0.1, 0.15) is 0 Å². The summed E-state index contributed by atoms with van der Waals surface area (Å²) < 4.78 is 5.82. The fraction of sp³-hybridized carbons (Fsp3) is 0.111. The summed E-state index contributed by atoms with van der Waals surface area (Å²) in [5.74, 6) is 0.232. The molecule has 1 N–H and O–H groups in total. The van der Waals surface area contributed by atoms with Gasteiger partial charge in [0.05, 0.1) is 17.2 Å². The maximum absolute atomic E-state index is 12.7. The Morgan fingerprint density at radius 2 is 2.12 bits per heavy atom. The molecule has 1 heterocycles. The number of hydrogen-bond acceptors (Lipinski definition) is 5. The molecule has 1 aliphatic heterocycles. The van der Waals surface area contributed by atoms with Gasteiger partial charge in [-0.1, -0.05) is 47.7 Å². The summed E-state index contributed by atoms with van der Waals surface area (Å²) in [4.78, 5) is 14.7. The van der Waals surface area contributed by atoms with E-state index in [-0.39, 0.29) is 11.7 Å². The fourth-order valence-corrected chi connectivity index (χ4v) is 3.83. The van der Waals surface area contributed by atoms with E-state index in [0.29, 0.717) is 32.3 Å². The number of ether oxygens (including phenoxy) is 1. The smallest absolute Gasteiger partial charge is 0.270 e. The molecule has 2 aromatic carbocycles. The highest BCUT2D eigenvalue weighted by Crippen LogP contribution is 2.37. The molecule has 1 aliphatic rings. The number of carbonyl (C=O) groups is 1. The Kier molecular flexibility index (Phi) is 5.32. The molecular weight excluding hydrogens is 378 g/mol. The van der Waals surface area contributed by atoms with Crippen molar-refractivity contribution in [3.8, 4) is 11.5 Å². The van der Waals surface area contributed by atoms with Gasteiger partial charge in [-0.15, -0.1) is 0 Å². The largest absolute Gasteiger partial charge is 0.504 e. The Morgan fingerprint density at radius 1 is 1.32 bits per heavy atom. The minimum absolute atomic E-state index is 0.0606. The first-order chi connectivity index (χ1) is 12.0. The van der Waals surface area contributed by atoms with Gasteiger partial charge in [-0.25, -0.2) is 0 Å². The molecule has 0 atom stereocenters. The predicted molar refractivity (Wildman–Crippen MR) is 106 cm³/mol. The Hall–Kier alpha value is -2.02. The Balaban J connectivity index is 1.92. The number of benzene rings is 2. The molecular formula is C18H14ClNO3S2. The zero-order valence-electron chi connectivity index (χ0n) is 13.2. The molecule has 1 amide bonds. The van der Waals surface area contributed by atoms with Crippen molar-refractivity contribution in [2.45, 2.75) is 6.92 Å². The molecule has 4 nitrogen and oxygen atoms in total. The van der Waals surface area contributed by atoms with Crippen molar-refractivity contribution in [2.75, 3.05) is 11.5 Å². The summed E-state index contributed by atoms with van der Waals surface area (Å²) in [5, 5.41) is 10.3. The van der Waals surface area contributed by atoms with Crippen molar-refractivity contribution in [1.29, 1.82) is 0 Å². The van der Waals surface area contributed by atoms with Crippen LogP contribution in [-0.4, -0.2) is 21.9 Å². The van der Waals surface area contributed by atoms with Crippen molar-refractivity contribution < 1.29 is 14.6 Å². The summed E-state index contributed by atoms with van der Waals surface area (Å²) in [6.07, 6.45) is 1.73. The number of halogens is 1. The van der Waals surface area contributed by atoms with Gasteiger partial charge in [-0.3, -0.25) is 9.69 Å². The van der Waals surface area contributed by atoms with Crippen LogP contribution in [-0.2, 0) is 4.79 Å². The molecule has 3 rings (SSSR count). The lowest BCUT2D eigenvalue weighted by atomic mass is 10.2. The normalized spacial score (nSPS) is 15.9. The fourth-order valence-electron chi connectivity index (χ4n) is 2.35. The number of phenolic OH excluding ortho intramolecular Hbond substituents is 1. The van der Waals surface area contributed by atoms with Gasteiger partial charge in [-0.2, -0.15) is 0 Å². The van der Waals surface area contributed by atoms with Crippen LogP contribution >= 0.6 is 35.6 Å². The van der Waals surface area contributed by atoms with E-state index in [1.54, 1.807) is 42.5 Å². The maximum Gasteiger partial charge on any atom is 0.270 e. The van der Waals surface area contributed by atoms with Crippen LogP contribution in [0.15, 0.2) is 47.4 Å². The number of thioether (sulfide) groups is 1. The number of thiocarbonyl (C=S) groups is 1. The second kappa shape index (κ2) is 7.47. The zero-order valence-corrected chi connectivity index (χ0v) is 15.6. The number of aromatic hydroxyl groups is 1. The van der Waals surface area contributed by atoms with Crippen molar-refractivity contribution in [3.05, 3.63) is 58.0 Å². The lowest BCUT2D eigenvalue weighted by Gasteiger charge is -2.14. The van der Waals surface area contributed by atoms with Gasteiger partial charge >= 0.3 is 0 Å². The van der Waals surface area contributed by atoms with E-state index < -0.39 is 0 Å². The van der Waals surface area contributed by atoms with Crippen LogP contribution in [0.2, 0.25) is 5.02 Å². The van der Waals surface area contributed by atoms with E-state index in [1.807, 2.05) is 6.92 Å². The molecule has 0 bridgehead atoms. The molecule has 25 heavy (non-hydrogen) atoms. The van der Waals surface area contributed by atoms with Crippen LogP contribution in [0.4, 0.5) is 5.69 Å². The van der Waals surface area contributed by atoms with E-state index in [1.165, 1.54) is 22.7 Å². The quantitative estimate of drug-likeness (QED) is 0.596. The second-order valence-corrected chi connectivity index (χ2v) is 7.27. The molecule has 0 aromatic heterocycles. The van der Waals surface area contributed by atoms with Crippen LogP contribution in [0.1, 0.15) is 12.5 Å². The van der Waals surface area contributed by atoms with Crippen molar-refractivity contribution in [3.63, 3.8) is 0 Å². The van der Waals surface area contributed by atoms with Crippen molar-refractivity contribution in [2.24, 2.45) is 0 Å². The third-order valence-corrected chi connectivity index (χ3v) is 4.98. The highest BCUT2D eigenvalue weighted by atomic mass is 35.5. The Morgan fingerprint density at radius 3 is 2.84 bits per heavy atom. The van der Waals surface area contributed by atoms with Gasteiger partial charge in [-0.05, 0) is 48.9 Å². The van der Waals surface area contributed by atoms with Crippen molar-refractivity contribution >= 4 is 57.6 Å². The van der Waals surface area contributed by atoms with Gasteiger partial charge in [0, 0.05) is 5.02 Å². The third-order valence-electron chi connectivity index (χ3n) is 3.44. The van der Waals surface area contributed by atoms with E-state index in [9.17, 15) is 9.90 Å². The molecule has 0 spiro atoms. The SMILES string of the molecule is CCOc1cc(C=C2SC(=S)N(c3cccc(Cl)c3)C2=O)ccc1O. The van der Waals surface area contributed by atoms with E-state index in [2.05, 4.69) is 0 Å². The maximum atomic E-state index is 12.7. The first kappa shape index (κ1) is 17.8. The molecule has 0 aliphatic carbocycles. The second-order valence-electron chi connectivity index (χ2n) is 5.16. The van der Waals surface area contributed by atoms with E-state index >= 15 is 0 Å². The predicted octanol–water partition coefficient (Wildman–Crippen LogP) is 4.85. The minimum Gasteiger partial charge on any atom is -0.504 e. The first-order valence-electron chi connectivity index (χ1n) is 7.49. The number of rotatable bonds is 4. The summed E-state index contributed by atoms with van der Waals surface area (Å²) in [7, 11) is 0. The number of phenols is 1. The molecule has 0 unspecified atom stereocenters. The zero-order chi connectivity index (χ0) is 18.0. The van der Waals surface area contributed by atoms with Gasteiger partial charge in [0.2, 0.25) is 0 Å². The van der Waals surface area contributed by atoms with Crippen LogP contribution in [0, 0.1) is 0 Å². The van der Waals surface area contributed by atoms with E-state index in [4.69, 9.17) is 28.6 Å². The molecule has 2 aromatic rings. The van der Waals surface area contributed by atoms with Crippen LogP contribution < -0.4 is 9.64 Å². The summed E-state index contributed by atoms with van der Waals surface area (Å²) in [5.41, 5.74) is 1.38. The van der Waals surface area contributed by atoms with Gasteiger partial charge in [0.15, 0.2) is 15.8 Å². The standard InChI is InChI=1S/C18H14ClNO3S2/c1-2-23-15-8-11(6-7-14(15)21)9-16-17(22)20(18(24)25-16)13-5-3-4-12(19)10-13/h3-10,21H,2H2,1H3. The summed E-state index contributed by atoms with van der Waals surface area (Å²) >= 11 is 12.6. The van der Waals surface area contributed by atoms with Gasteiger partial charge in [0.25, 0.3) is 5.91 Å². The highest BCUT2D eigenvalue weighted by Gasteiger charge is 2.33. The molecule has 0 saturated carbocycles. The topological polar surface area (TPSA) is 49.8 Å². The first-order valence-corrected chi connectivity index (χ1v) is 9.09. The monoisotopic (exact) mass is 391 g/mol. The number of nitrogens with zero attached hydrogens (tertiary/aromatic N) is 1. The molecule has 1 fully saturated rings. The lowest BCUT2D eigenvalue weighted by Crippen LogP contribution is -2.27. The average Bonchev–Trinajstić information content (AvgIpc) is 2.85. The third kappa shape index (κ3) is 3.81. The molecule has 1 saturated heterocycles. The average molecular weight is 392 g/mol. The highest BCUT2D eigenvalue weighted by molar-refractivity contribution is 8.27. The Labute approximate surface area is 160 Å². The number of hydrogen-bond donors (Lipinski definition) is 1.